The number of likely N-dealkylation sites (tertiary alicyclic amines) is 1. The topological polar surface area (TPSA) is 112 Å². The smallest absolute Gasteiger partial charge is 0.260 e. The van der Waals surface area contributed by atoms with E-state index in [0.29, 0.717) is 36.1 Å². The van der Waals surface area contributed by atoms with Gasteiger partial charge in [0, 0.05) is 24.6 Å². The molecule has 0 atom stereocenters. The maximum absolute atomic E-state index is 13.1. The summed E-state index contributed by atoms with van der Waals surface area (Å²) in [5.74, 6) is 1.26. The van der Waals surface area contributed by atoms with Crippen molar-refractivity contribution in [2.24, 2.45) is 0 Å². The Bertz CT molecular complexity index is 1200. The Morgan fingerprint density at radius 3 is 2.55 bits per heavy atom. The molecular formula is C22H20FN7O3. The first-order valence-electron chi connectivity index (χ1n) is 10.5. The number of hydrogen-bond donors (Lipinski definition) is 0. The normalized spacial score (nSPS) is 14.4. The molecule has 2 aromatic heterocycles. The van der Waals surface area contributed by atoms with Gasteiger partial charge in [-0.05, 0) is 71.8 Å². The van der Waals surface area contributed by atoms with Gasteiger partial charge in [0.05, 0.1) is 5.69 Å². The molecule has 11 heteroatoms. The number of hydrogen-bond acceptors (Lipinski definition) is 8. The average Bonchev–Trinajstić information content (AvgIpc) is 3.56. The first-order valence-corrected chi connectivity index (χ1v) is 10.5. The van der Waals surface area contributed by atoms with Crippen molar-refractivity contribution in [1.29, 1.82) is 0 Å². The molecule has 0 saturated carbocycles. The average molecular weight is 449 g/mol. The number of amides is 1. The maximum atomic E-state index is 13.1. The van der Waals surface area contributed by atoms with Gasteiger partial charge in [-0.25, -0.2) is 9.07 Å². The van der Waals surface area contributed by atoms with E-state index in [0.717, 1.165) is 18.5 Å². The molecule has 0 bridgehead atoms. The number of nitrogens with zero attached hydrogens (tertiary/aromatic N) is 7. The fourth-order valence-electron chi connectivity index (χ4n) is 3.70. The van der Waals surface area contributed by atoms with Crippen LogP contribution in [0, 0.1) is 5.82 Å². The highest BCUT2D eigenvalue weighted by atomic mass is 19.1. The van der Waals surface area contributed by atoms with Crippen LogP contribution < -0.4 is 4.74 Å². The molecule has 4 aromatic rings. The van der Waals surface area contributed by atoms with Crippen LogP contribution in [0.1, 0.15) is 24.7 Å². The van der Waals surface area contributed by atoms with Crippen LogP contribution in [0.3, 0.4) is 0 Å². The second kappa shape index (κ2) is 9.15. The van der Waals surface area contributed by atoms with Gasteiger partial charge in [0.15, 0.2) is 6.61 Å². The van der Waals surface area contributed by atoms with Gasteiger partial charge in [-0.2, -0.15) is 4.98 Å². The minimum atomic E-state index is -0.315. The van der Waals surface area contributed by atoms with E-state index in [1.165, 1.54) is 23.1 Å². The number of carbonyl (C=O) groups is 1. The van der Waals surface area contributed by atoms with Gasteiger partial charge in [0.25, 0.3) is 5.91 Å². The van der Waals surface area contributed by atoms with Crippen molar-refractivity contribution in [2.75, 3.05) is 19.7 Å². The summed E-state index contributed by atoms with van der Waals surface area (Å²) in [7, 11) is 0. The quantitative estimate of drug-likeness (QED) is 0.442. The molecule has 1 amide bonds. The maximum Gasteiger partial charge on any atom is 0.260 e. The molecule has 0 radical (unpaired) electrons. The van der Waals surface area contributed by atoms with Crippen molar-refractivity contribution in [2.45, 2.75) is 18.8 Å². The largest absolute Gasteiger partial charge is 0.484 e. The molecule has 2 aromatic carbocycles. The predicted octanol–water partition coefficient (Wildman–Crippen LogP) is 2.64. The van der Waals surface area contributed by atoms with Crippen LogP contribution >= 0.6 is 0 Å². The lowest BCUT2D eigenvalue weighted by atomic mass is 9.97. The number of halogens is 1. The van der Waals surface area contributed by atoms with Crippen LogP contribution in [0.25, 0.3) is 17.1 Å². The third kappa shape index (κ3) is 4.71. The summed E-state index contributed by atoms with van der Waals surface area (Å²) in [6.45, 7) is 1.13. The van der Waals surface area contributed by atoms with Gasteiger partial charge in [0.2, 0.25) is 11.7 Å². The molecule has 168 valence electrons. The van der Waals surface area contributed by atoms with Crippen molar-refractivity contribution in [3.63, 3.8) is 0 Å². The number of tetrazole rings is 1. The second-order valence-electron chi connectivity index (χ2n) is 7.66. The van der Waals surface area contributed by atoms with E-state index in [1.807, 2.05) is 12.1 Å². The molecule has 1 aliphatic rings. The monoisotopic (exact) mass is 449 g/mol. The lowest BCUT2D eigenvalue weighted by Crippen LogP contribution is -2.40. The third-order valence-electron chi connectivity index (χ3n) is 5.55. The SMILES string of the molecule is O=C(COc1ccc(-n2cnnn2)cc1)N1CCC(c2nc(-c3ccc(F)cc3)no2)CC1. The van der Waals surface area contributed by atoms with Crippen LogP contribution in [-0.4, -0.2) is 60.9 Å². The fourth-order valence-corrected chi connectivity index (χ4v) is 3.70. The molecule has 0 spiro atoms. The summed E-state index contributed by atoms with van der Waals surface area (Å²) in [4.78, 5) is 18.8. The molecule has 1 saturated heterocycles. The Morgan fingerprint density at radius 1 is 1.09 bits per heavy atom. The van der Waals surface area contributed by atoms with E-state index < -0.39 is 0 Å². The summed E-state index contributed by atoms with van der Waals surface area (Å²) >= 11 is 0. The Labute approximate surface area is 188 Å². The molecule has 10 nitrogen and oxygen atoms in total. The fraction of sp³-hybridized carbons (Fsp3) is 0.273. The van der Waals surface area contributed by atoms with Gasteiger partial charge in [-0.3, -0.25) is 4.79 Å². The summed E-state index contributed by atoms with van der Waals surface area (Å²) in [6, 6.07) is 13.1. The van der Waals surface area contributed by atoms with Crippen LogP contribution in [0.5, 0.6) is 5.75 Å². The van der Waals surface area contributed by atoms with E-state index >= 15 is 0 Å². The Kier molecular flexibility index (Phi) is 5.75. The van der Waals surface area contributed by atoms with Gasteiger partial charge < -0.3 is 14.2 Å². The number of benzene rings is 2. The molecular weight excluding hydrogens is 429 g/mol. The zero-order valence-corrected chi connectivity index (χ0v) is 17.5. The van der Waals surface area contributed by atoms with Crippen molar-refractivity contribution < 1.29 is 18.4 Å². The van der Waals surface area contributed by atoms with Crippen LogP contribution in [0.2, 0.25) is 0 Å². The Morgan fingerprint density at radius 2 is 1.85 bits per heavy atom. The molecule has 1 fully saturated rings. The zero-order valence-electron chi connectivity index (χ0n) is 17.5. The lowest BCUT2D eigenvalue weighted by molar-refractivity contribution is -0.134. The number of ether oxygens (including phenoxy) is 1. The van der Waals surface area contributed by atoms with Crippen molar-refractivity contribution >= 4 is 5.91 Å². The highest BCUT2D eigenvalue weighted by molar-refractivity contribution is 5.77. The first-order chi connectivity index (χ1) is 16.2. The van der Waals surface area contributed by atoms with Crippen LogP contribution in [0.4, 0.5) is 4.39 Å². The van der Waals surface area contributed by atoms with Crippen molar-refractivity contribution in [3.05, 3.63) is 66.6 Å². The number of aromatic nitrogens is 6. The molecule has 0 N–H and O–H groups in total. The Hall–Kier alpha value is -4.15. The summed E-state index contributed by atoms with van der Waals surface area (Å²) < 4.78 is 25.7. The third-order valence-corrected chi connectivity index (χ3v) is 5.55. The molecule has 0 aliphatic carbocycles. The van der Waals surface area contributed by atoms with Crippen LogP contribution in [-0.2, 0) is 4.79 Å². The number of carbonyl (C=O) groups excluding carboxylic acids is 1. The molecule has 0 unspecified atom stereocenters. The highest BCUT2D eigenvalue weighted by Gasteiger charge is 2.28. The summed E-state index contributed by atoms with van der Waals surface area (Å²) in [6.07, 6.45) is 2.94. The lowest BCUT2D eigenvalue weighted by Gasteiger charge is -2.30. The number of piperidine rings is 1. The molecule has 3 heterocycles. The Balaban J connectivity index is 1.11. The minimum absolute atomic E-state index is 0.0375. The standard InChI is InChI=1S/C22H20FN7O3/c23-17-3-1-15(2-4-17)21-25-22(33-26-21)16-9-11-29(12-10-16)20(31)13-32-19-7-5-18(6-8-19)30-14-24-27-28-30/h1-8,14,16H,9-13H2. The van der Waals surface area contributed by atoms with Gasteiger partial charge in [-0.1, -0.05) is 5.16 Å². The van der Waals surface area contributed by atoms with Gasteiger partial charge in [0.1, 0.15) is 17.9 Å². The number of rotatable bonds is 6. The van der Waals surface area contributed by atoms with Gasteiger partial charge in [-0.15, -0.1) is 5.10 Å². The first kappa shape index (κ1) is 20.7. The summed E-state index contributed by atoms with van der Waals surface area (Å²) in [5, 5.41) is 15.0. The molecule has 1 aliphatic heterocycles. The van der Waals surface area contributed by atoms with Crippen LogP contribution in [0.15, 0.2) is 59.4 Å². The highest BCUT2D eigenvalue weighted by Crippen LogP contribution is 2.28. The van der Waals surface area contributed by atoms with E-state index in [2.05, 4.69) is 25.7 Å². The van der Waals surface area contributed by atoms with Crippen molar-refractivity contribution in [3.8, 4) is 22.8 Å². The second-order valence-corrected chi connectivity index (χ2v) is 7.66. The van der Waals surface area contributed by atoms with E-state index in [4.69, 9.17) is 9.26 Å². The van der Waals surface area contributed by atoms with Crippen molar-refractivity contribution in [1.82, 2.24) is 35.2 Å². The zero-order chi connectivity index (χ0) is 22.6. The van der Waals surface area contributed by atoms with E-state index in [9.17, 15) is 9.18 Å². The van der Waals surface area contributed by atoms with E-state index in [-0.39, 0.29) is 24.2 Å². The minimum Gasteiger partial charge on any atom is -0.484 e. The summed E-state index contributed by atoms with van der Waals surface area (Å²) in [5.41, 5.74) is 1.49. The predicted molar refractivity (Wildman–Crippen MR) is 113 cm³/mol. The van der Waals surface area contributed by atoms with E-state index in [1.54, 1.807) is 29.2 Å². The molecule has 5 rings (SSSR count). The molecule has 33 heavy (non-hydrogen) atoms. The van der Waals surface area contributed by atoms with Gasteiger partial charge >= 0.3 is 0 Å².